The first-order chi connectivity index (χ1) is 39.9. The second-order valence-corrected chi connectivity index (χ2v) is 25.7. The van der Waals surface area contributed by atoms with Gasteiger partial charge in [0.2, 0.25) is 5.91 Å². The van der Waals surface area contributed by atoms with Gasteiger partial charge in [-0.05, 0) is 109 Å². The molecule has 1 amide bonds. The Morgan fingerprint density at radius 1 is 0.427 bits per heavy atom. The van der Waals surface area contributed by atoms with Crippen LogP contribution in [0.1, 0.15) is 310 Å². The highest BCUT2D eigenvalue weighted by atomic mass is 31.2. The quantitative estimate of drug-likeness (QED) is 0.0212. The number of hydrogen-bond donors (Lipinski definition) is 1. The summed E-state index contributed by atoms with van der Waals surface area (Å²) in [6, 6.07) is -0.900. The average molecular weight is 1170 g/mol. The van der Waals surface area contributed by atoms with Crippen molar-refractivity contribution in [2.24, 2.45) is 0 Å². The van der Waals surface area contributed by atoms with E-state index < -0.39 is 26.6 Å². The molecule has 1 N–H and O–H groups in total. The molecule has 0 aliphatic carbocycles. The summed E-state index contributed by atoms with van der Waals surface area (Å²) in [6.07, 6.45) is 81.2. The Hall–Kier alpha value is -2.81. The number of likely N-dealkylation sites (N-methyl/N-ethyl adjacent to an activating group) is 1. The van der Waals surface area contributed by atoms with E-state index in [-0.39, 0.29) is 24.9 Å². The molecule has 9 nitrogen and oxygen atoms in total. The molecule has 0 aromatic heterocycles. The van der Waals surface area contributed by atoms with Gasteiger partial charge in [0.15, 0.2) is 0 Å². The predicted octanol–water partition coefficient (Wildman–Crippen LogP) is 21.1. The number of phosphoric ester groups is 1. The number of rotatable bonds is 62. The van der Waals surface area contributed by atoms with Crippen molar-refractivity contribution >= 4 is 19.7 Å². The minimum atomic E-state index is -4.71. The highest BCUT2D eigenvalue weighted by Gasteiger charge is 2.27. The van der Waals surface area contributed by atoms with E-state index in [2.05, 4.69) is 99.0 Å². The van der Waals surface area contributed by atoms with Crippen LogP contribution < -0.4 is 10.2 Å². The van der Waals surface area contributed by atoms with Gasteiger partial charge in [0.1, 0.15) is 19.3 Å². The van der Waals surface area contributed by atoms with Gasteiger partial charge in [-0.15, -0.1) is 0 Å². The topological polar surface area (TPSA) is 114 Å². The third kappa shape index (κ3) is 61.7. The number of nitrogens with one attached hydrogen (secondary N) is 1. The Morgan fingerprint density at radius 2 is 0.744 bits per heavy atom. The van der Waals surface area contributed by atoms with Crippen LogP contribution in [0.5, 0.6) is 0 Å². The number of phosphoric acid groups is 1. The minimum absolute atomic E-state index is 0.0279. The fourth-order valence-corrected chi connectivity index (χ4v) is 10.4. The van der Waals surface area contributed by atoms with Gasteiger partial charge in [-0.3, -0.25) is 14.2 Å². The maximum Gasteiger partial charge on any atom is 0.306 e. The summed E-state index contributed by atoms with van der Waals surface area (Å²) in [7, 11) is 1.17. The number of hydrogen-bond acceptors (Lipinski definition) is 7. The lowest BCUT2D eigenvalue weighted by Crippen LogP contribution is -2.47. The zero-order valence-electron chi connectivity index (χ0n) is 54.4. The number of carbonyl (C=O) groups excluding carboxylic acids is 2. The molecule has 0 bridgehead atoms. The molecule has 0 aromatic rings. The van der Waals surface area contributed by atoms with Crippen LogP contribution in [0, 0.1) is 0 Å². The van der Waals surface area contributed by atoms with E-state index in [0.717, 1.165) is 109 Å². The lowest BCUT2D eigenvalue weighted by molar-refractivity contribution is -0.870. The number of carbonyl (C=O) groups is 2. The molecule has 476 valence electrons. The Bertz CT molecular complexity index is 1680. The summed E-state index contributed by atoms with van der Waals surface area (Å²) in [6.45, 7) is 6.80. The average Bonchev–Trinajstić information content (AvgIpc) is 3.44. The number of ether oxygens (including phenoxy) is 1. The zero-order valence-corrected chi connectivity index (χ0v) is 55.3. The molecule has 0 aliphatic rings. The molecular formula is C72H131N2O7P. The van der Waals surface area contributed by atoms with Crippen LogP contribution in [0.2, 0.25) is 0 Å². The van der Waals surface area contributed by atoms with Crippen LogP contribution in [0.4, 0.5) is 0 Å². The Labute approximate surface area is 507 Å². The Kier molecular flexibility index (Phi) is 59.2. The van der Waals surface area contributed by atoms with Crippen LogP contribution in [0.25, 0.3) is 0 Å². The summed E-state index contributed by atoms with van der Waals surface area (Å²) in [5.74, 6) is -0.553. The van der Waals surface area contributed by atoms with E-state index in [1.807, 2.05) is 33.3 Å². The van der Waals surface area contributed by atoms with E-state index in [0.29, 0.717) is 17.4 Å². The molecule has 0 fully saturated rings. The zero-order chi connectivity index (χ0) is 60.0. The number of quaternary nitrogens is 1. The van der Waals surface area contributed by atoms with E-state index in [9.17, 15) is 19.0 Å². The smallest absolute Gasteiger partial charge is 0.306 e. The summed E-state index contributed by atoms with van der Waals surface area (Å²) in [4.78, 5) is 40.1. The minimum Gasteiger partial charge on any atom is -0.756 e. The van der Waals surface area contributed by atoms with Crippen LogP contribution in [-0.4, -0.2) is 69.4 Å². The molecule has 0 spiro atoms. The second-order valence-electron chi connectivity index (χ2n) is 24.3. The Morgan fingerprint density at radius 3 is 1.13 bits per heavy atom. The maximum atomic E-state index is 13.6. The van der Waals surface area contributed by atoms with Gasteiger partial charge < -0.3 is 28.5 Å². The summed E-state index contributed by atoms with van der Waals surface area (Å²) < 4.78 is 30.4. The molecule has 0 radical (unpaired) electrons. The molecule has 0 heterocycles. The fraction of sp³-hybridized carbons (Fsp3) is 0.778. The number of esters is 1. The lowest BCUT2D eigenvalue weighted by atomic mass is 10.0. The standard InChI is InChI=1S/C72H131N2O7P/c1-7-10-13-16-19-22-25-28-30-32-34-35-36-37-38-39-41-43-45-47-50-53-56-59-62-65-72(76)81-70(63-60-57-54-51-48-27-24-21-18-15-12-9-3)69(68-80-82(77,78)79-67-66-74(4,5)6)73-71(75)64-61-58-55-52-49-46-44-42-40-33-31-29-26-23-20-17-14-11-8-2/h19-20,22-23,28-31,34-35,40,42,60,63,69-70H,7-18,21,24-27,32-33,36-39,41,43-59,61-62,64-68H2,1-6H3,(H-,73,75,77,78)/b22-19-,23-20-,30-28-,31-29-,35-34-,42-40-,63-60-. The van der Waals surface area contributed by atoms with Gasteiger partial charge in [0.05, 0.1) is 33.8 Å². The number of nitrogens with zero attached hydrogens (tertiary/aromatic N) is 1. The number of amides is 1. The molecule has 10 heteroatoms. The van der Waals surface area contributed by atoms with Crippen LogP contribution in [0.15, 0.2) is 85.1 Å². The lowest BCUT2D eigenvalue weighted by Gasteiger charge is -2.30. The van der Waals surface area contributed by atoms with Crippen molar-refractivity contribution in [2.45, 2.75) is 322 Å². The van der Waals surface area contributed by atoms with Crippen molar-refractivity contribution in [3.05, 3.63) is 85.1 Å². The summed E-state index contributed by atoms with van der Waals surface area (Å²) in [5, 5.41) is 3.03. The van der Waals surface area contributed by atoms with Gasteiger partial charge >= 0.3 is 5.97 Å². The summed E-state index contributed by atoms with van der Waals surface area (Å²) in [5.41, 5.74) is 0. The van der Waals surface area contributed by atoms with Crippen LogP contribution in [0.3, 0.4) is 0 Å². The van der Waals surface area contributed by atoms with E-state index >= 15 is 0 Å². The van der Waals surface area contributed by atoms with Gasteiger partial charge in [-0.2, -0.15) is 0 Å². The van der Waals surface area contributed by atoms with Crippen molar-refractivity contribution in [3.63, 3.8) is 0 Å². The third-order valence-electron chi connectivity index (χ3n) is 15.0. The first-order valence-electron chi connectivity index (χ1n) is 34.4. The van der Waals surface area contributed by atoms with Crippen molar-refractivity contribution in [1.82, 2.24) is 5.32 Å². The summed E-state index contributed by atoms with van der Waals surface area (Å²) >= 11 is 0. The van der Waals surface area contributed by atoms with E-state index in [1.54, 1.807) is 0 Å². The highest BCUT2D eigenvalue weighted by Crippen LogP contribution is 2.38. The molecule has 82 heavy (non-hydrogen) atoms. The molecule has 0 rings (SSSR count). The molecule has 3 unspecified atom stereocenters. The predicted molar refractivity (Wildman–Crippen MR) is 353 cm³/mol. The molecule has 0 aliphatic heterocycles. The first-order valence-corrected chi connectivity index (χ1v) is 35.9. The normalized spacial score (nSPS) is 14.1. The van der Waals surface area contributed by atoms with Crippen molar-refractivity contribution in [1.29, 1.82) is 0 Å². The van der Waals surface area contributed by atoms with Crippen molar-refractivity contribution in [2.75, 3.05) is 40.9 Å². The molecule has 0 saturated carbocycles. The molecule has 0 saturated heterocycles. The molecule has 3 atom stereocenters. The SMILES string of the molecule is CCCCC/C=C\C/C=C\C/C=C\CCCCCCCCCCCCCCC(=O)OC(/C=C\CCCCCCCCCCCC)C(COP(=O)([O-])OCC[N+](C)(C)C)NC(=O)CCCCCCCC/C=C\C/C=C\C/C=C\CCCCC. The maximum absolute atomic E-state index is 13.6. The van der Waals surface area contributed by atoms with Gasteiger partial charge in [0.25, 0.3) is 7.82 Å². The number of unbranched alkanes of at least 4 members (excludes halogenated alkanes) is 34. The number of allylic oxidation sites excluding steroid dienone is 13. The highest BCUT2D eigenvalue weighted by molar-refractivity contribution is 7.45. The van der Waals surface area contributed by atoms with Crippen LogP contribution in [-0.2, 0) is 27.9 Å². The largest absolute Gasteiger partial charge is 0.756 e. The van der Waals surface area contributed by atoms with Crippen LogP contribution >= 0.6 is 7.82 Å². The first kappa shape index (κ1) is 79.2. The van der Waals surface area contributed by atoms with Crippen molar-refractivity contribution in [3.8, 4) is 0 Å². The van der Waals surface area contributed by atoms with E-state index in [4.69, 9.17) is 13.8 Å². The van der Waals surface area contributed by atoms with Crippen molar-refractivity contribution < 1.29 is 37.3 Å². The molecular weight excluding hydrogens is 1040 g/mol. The monoisotopic (exact) mass is 1170 g/mol. The van der Waals surface area contributed by atoms with Gasteiger partial charge in [-0.1, -0.05) is 273 Å². The van der Waals surface area contributed by atoms with Gasteiger partial charge in [-0.25, -0.2) is 0 Å². The second kappa shape index (κ2) is 61.3. The Balaban J connectivity index is 5.12. The van der Waals surface area contributed by atoms with Gasteiger partial charge in [0, 0.05) is 12.8 Å². The molecule has 0 aromatic carbocycles. The van der Waals surface area contributed by atoms with E-state index in [1.165, 1.54) is 167 Å². The fourth-order valence-electron chi connectivity index (χ4n) is 9.71. The third-order valence-corrected chi connectivity index (χ3v) is 16.0.